The fourth-order valence-corrected chi connectivity index (χ4v) is 1.73. The van der Waals surface area contributed by atoms with Gasteiger partial charge in [-0.25, -0.2) is 0 Å². The number of benzene rings is 1. The SMILES string of the molecule is CC#CCC(NN)c1coc2ccccc12. The topological polar surface area (TPSA) is 51.2 Å². The van der Waals surface area contributed by atoms with Gasteiger partial charge in [-0.1, -0.05) is 18.2 Å². The first-order chi connectivity index (χ1) is 7.86. The van der Waals surface area contributed by atoms with Crippen molar-refractivity contribution in [3.8, 4) is 11.8 Å². The summed E-state index contributed by atoms with van der Waals surface area (Å²) in [5.74, 6) is 11.4. The predicted molar refractivity (Wildman–Crippen MR) is 64.3 cm³/mol. The van der Waals surface area contributed by atoms with Crippen molar-refractivity contribution in [1.82, 2.24) is 5.43 Å². The predicted octanol–water partition coefficient (Wildman–Crippen LogP) is 2.35. The van der Waals surface area contributed by atoms with E-state index in [1.54, 1.807) is 6.26 Å². The van der Waals surface area contributed by atoms with Crippen molar-refractivity contribution >= 4 is 11.0 Å². The Morgan fingerprint density at radius 3 is 3.00 bits per heavy atom. The first kappa shape index (κ1) is 10.7. The van der Waals surface area contributed by atoms with Gasteiger partial charge in [0.25, 0.3) is 0 Å². The molecule has 0 aliphatic rings. The second-order valence-electron chi connectivity index (χ2n) is 3.54. The van der Waals surface area contributed by atoms with Gasteiger partial charge in [-0.05, 0) is 13.0 Å². The van der Waals surface area contributed by atoms with Crippen LogP contribution in [0.5, 0.6) is 0 Å². The summed E-state index contributed by atoms with van der Waals surface area (Å²) in [6.45, 7) is 1.82. The molecule has 3 heteroatoms. The molecule has 0 aliphatic heterocycles. The van der Waals surface area contributed by atoms with Gasteiger partial charge in [-0.15, -0.1) is 11.8 Å². The smallest absolute Gasteiger partial charge is 0.134 e. The quantitative estimate of drug-likeness (QED) is 0.468. The highest BCUT2D eigenvalue weighted by molar-refractivity contribution is 5.81. The van der Waals surface area contributed by atoms with Crippen molar-refractivity contribution in [2.45, 2.75) is 19.4 Å². The van der Waals surface area contributed by atoms with E-state index in [1.807, 2.05) is 31.2 Å². The highest BCUT2D eigenvalue weighted by atomic mass is 16.3. The molecule has 0 radical (unpaired) electrons. The van der Waals surface area contributed by atoms with E-state index in [2.05, 4.69) is 17.3 Å². The minimum Gasteiger partial charge on any atom is -0.464 e. The monoisotopic (exact) mass is 214 g/mol. The Morgan fingerprint density at radius 1 is 1.44 bits per heavy atom. The van der Waals surface area contributed by atoms with E-state index in [0.29, 0.717) is 6.42 Å². The molecule has 0 aliphatic carbocycles. The summed E-state index contributed by atoms with van der Waals surface area (Å²) in [6, 6.07) is 7.92. The van der Waals surface area contributed by atoms with E-state index in [9.17, 15) is 0 Å². The third-order valence-electron chi connectivity index (χ3n) is 2.57. The summed E-state index contributed by atoms with van der Waals surface area (Å²) in [4.78, 5) is 0. The number of nitrogens with one attached hydrogen (secondary N) is 1. The van der Waals surface area contributed by atoms with Crippen molar-refractivity contribution < 1.29 is 4.42 Å². The van der Waals surface area contributed by atoms with Crippen molar-refractivity contribution in [3.05, 3.63) is 36.1 Å². The van der Waals surface area contributed by atoms with Gasteiger partial charge in [0.15, 0.2) is 0 Å². The Labute approximate surface area is 94.6 Å². The van der Waals surface area contributed by atoms with Crippen LogP contribution in [0.15, 0.2) is 34.9 Å². The van der Waals surface area contributed by atoms with Crippen LogP contribution in [0.2, 0.25) is 0 Å². The second-order valence-corrected chi connectivity index (χ2v) is 3.54. The molecule has 0 saturated carbocycles. The summed E-state index contributed by atoms with van der Waals surface area (Å²) in [7, 11) is 0. The first-order valence-corrected chi connectivity index (χ1v) is 5.18. The third-order valence-corrected chi connectivity index (χ3v) is 2.57. The maximum absolute atomic E-state index is 5.54. The second kappa shape index (κ2) is 4.84. The average Bonchev–Trinajstić information content (AvgIpc) is 2.75. The van der Waals surface area contributed by atoms with E-state index >= 15 is 0 Å². The molecule has 3 N–H and O–H groups in total. The van der Waals surface area contributed by atoms with Gasteiger partial charge < -0.3 is 4.42 Å². The van der Waals surface area contributed by atoms with Crippen LogP contribution in [-0.2, 0) is 0 Å². The van der Waals surface area contributed by atoms with E-state index < -0.39 is 0 Å². The molecule has 0 amide bonds. The van der Waals surface area contributed by atoms with Crippen LogP contribution in [0, 0.1) is 11.8 Å². The molecule has 2 rings (SSSR count). The first-order valence-electron chi connectivity index (χ1n) is 5.18. The lowest BCUT2D eigenvalue weighted by Crippen LogP contribution is -2.27. The zero-order valence-corrected chi connectivity index (χ0v) is 9.16. The third kappa shape index (κ3) is 1.94. The van der Waals surface area contributed by atoms with E-state index in [0.717, 1.165) is 16.5 Å². The molecule has 1 atom stereocenters. The van der Waals surface area contributed by atoms with Gasteiger partial charge in [0, 0.05) is 17.4 Å². The zero-order chi connectivity index (χ0) is 11.4. The Bertz CT molecular complexity index is 533. The molecule has 1 unspecified atom stereocenters. The highest BCUT2D eigenvalue weighted by Gasteiger charge is 2.14. The number of fused-ring (bicyclic) bond motifs is 1. The average molecular weight is 214 g/mol. The highest BCUT2D eigenvalue weighted by Crippen LogP contribution is 2.27. The van der Waals surface area contributed by atoms with Gasteiger partial charge in [0.2, 0.25) is 0 Å². The van der Waals surface area contributed by atoms with Crippen LogP contribution in [0.1, 0.15) is 24.9 Å². The van der Waals surface area contributed by atoms with Crippen LogP contribution in [0.25, 0.3) is 11.0 Å². The van der Waals surface area contributed by atoms with Crippen LogP contribution >= 0.6 is 0 Å². The molecular formula is C13H14N2O. The molecule has 16 heavy (non-hydrogen) atoms. The molecule has 0 bridgehead atoms. The maximum atomic E-state index is 5.54. The maximum Gasteiger partial charge on any atom is 0.134 e. The summed E-state index contributed by atoms with van der Waals surface area (Å²) in [5, 5.41) is 1.09. The normalized spacial score (nSPS) is 12.1. The summed E-state index contributed by atoms with van der Waals surface area (Å²) in [5.41, 5.74) is 4.70. The van der Waals surface area contributed by atoms with Gasteiger partial charge >= 0.3 is 0 Å². The lowest BCUT2D eigenvalue weighted by atomic mass is 10.0. The summed E-state index contributed by atoms with van der Waals surface area (Å²) < 4.78 is 5.47. The molecule has 1 heterocycles. The van der Waals surface area contributed by atoms with E-state index in [-0.39, 0.29) is 6.04 Å². The van der Waals surface area contributed by atoms with Crippen molar-refractivity contribution in [2.24, 2.45) is 5.84 Å². The minimum atomic E-state index is 0.0103. The van der Waals surface area contributed by atoms with Crippen molar-refractivity contribution in [1.29, 1.82) is 0 Å². The molecule has 82 valence electrons. The molecule has 1 aromatic heterocycles. The van der Waals surface area contributed by atoms with Crippen LogP contribution in [-0.4, -0.2) is 0 Å². The largest absolute Gasteiger partial charge is 0.464 e. The molecule has 0 fully saturated rings. The molecule has 2 aromatic rings. The fraction of sp³-hybridized carbons (Fsp3) is 0.231. The zero-order valence-electron chi connectivity index (χ0n) is 9.16. The number of hydrogen-bond donors (Lipinski definition) is 2. The van der Waals surface area contributed by atoms with Gasteiger partial charge in [-0.2, -0.15) is 0 Å². The molecular weight excluding hydrogens is 200 g/mol. The van der Waals surface area contributed by atoms with Crippen LogP contribution < -0.4 is 11.3 Å². The number of para-hydroxylation sites is 1. The number of furan rings is 1. The minimum absolute atomic E-state index is 0.0103. The van der Waals surface area contributed by atoms with E-state index in [1.165, 1.54) is 0 Å². The van der Waals surface area contributed by atoms with E-state index in [4.69, 9.17) is 10.3 Å². The number of rotatable bonds is 3. The molecule has 3 nitrogen and oxygen atoms in total. The molecule has 1 aromatic carbocycles. The standard InChI is InChI=1S/C13H14N2O/c1-2-3-7-12(15-14)11-9-16-13-8-5-4-6-10(11)13/h4-6,8-9,12,15H,7,14H2,1H3. The lowest BCUT2D eigenvalue weighted by Gasteiger charge is -2.10. The Morgan fingerprint density at radius 2 is 2.25 bits per heavy atom. The van der Waals surface area contributed by atoms with Gasteiger partial charge in [0.05, 0.1) is 12.3 Å². The van der Waals surface area contributed by atoms with Crippen LogP contribution in [0.4, 0.5) is 0 Å². The number of hydrogen-bond acceptors (Lipinski definition) is 3. The van der Waals surface area contributed by atoms with Crippen LogP contribution in [0.3, 0.4) is 0 Å². The summed E-state index contributed by atoms with van der Waals surface area (Å²) >= 11 is 0. The fourth-order valence-electron chi connectivity index (χ4n) is 1.73. The van der Waals surface area contributed by atoms with Crippen molar-refractivity contribution in [3.63, 3.8) is 0 Å². The molecule has 0 saturated heterocycles. The Hall–Kier alpha value is -1.76. The number of nitrogens with two attached hydrogens (primary N) is 1. The summed E-state index contributed by atoms with van der Waals surface area (Å²) in [6.07, 6.45) is 2.42. The van der Waals surface area contributed by atoms with Gasteiger partial charge in [0.1, 0.15) is 5.58 Å². The lowest BCUT2D eigenvalue weighted by molar-refractivity contribution is 0.548. The Balaban J connectivity index is 2.39. The van der Waals surface area contributed by atoms with Gasteiger partial charge in [-0.3, -0.25) is 11.3 Å². The van der Waals surface area contributed by atoms with Crippen molar-refractivity contribution in [2.75, 3.05) is 0 Å². The number of hydrazine groups is 1. The molecule has 0 spiro atoms. The Kier molecular flexibility index (Phi) is 3.25.